The molecular formula is C32H28F6N2O3. The number of rotatable bonds is 7. The van der Waals surface area contributed by atoms with Crippen molar-refractivity contribution in [2.24, 2.45) is 0 Å². The van der Waals surface area contributed by atoms with Crippen molar-refractivity contribution in [3.63, 3.8) is 0 Å². The summed E-state index contributed by atoms with van der Waals surface area (Å²) in [6.45, 7) is 4.49. The number of carbonyl (C=O) groups is 2. The van der Waals surface area contributed by atoms with Crippen molar-refractivity contribution < 1.29 is 40.7 Å². The Morgan fingerprint density at radius 1 is 0.814 bits per heavy atom. The van der Waals surface area contributed by atoms with Gasteiger partial charge in [-0.3, -0.25) is 14.6 Å². The van der Waals surface area contributed by atoms with Gasteiger partial charge in [-0.15, -0.1) is 0 Å². The van der Waals surface area contributed by atoms with E-state index in [1.807, 2.05) is 0 Å². The van der Waals surface area contributed by atoms with E-state index in [0.717, 1.165) is 0 Å². The molecule has 0 saturated heterocycles. The van der Waals surface area contributed by atoms with Crippen LogP contribution in [0.25, 0.3) is 22.0 Å². The molecule has 3 aromatic carbocycles. The van der Waals surface area contributed by atoms with Gasteiger partial charge in [0.2, 0.25) is 5.91 Å². The average molecular weight is 603 g/mol. The number of benzene rings is 3. The number of alkyl halides is 6. The fourth-order valence-corrected chi connectivity index (χ4v) is 4.85. The summed E-state index contributed by atoms with van der Waals surface area (Å²) in [7, 11) is 1.42. The Kier molecular flexibility index (Phi) is 8.58. The van der Waals surface area contributed by atoms with Crippen molar-refractivity contribution in [2.75, 3.05) is 18.6 Å². The number of amides is 1. The van der Waals surface area contributed by atoms with E-state index >= 15 is 0 Å². The molecular weight excluding hydrogens is 574 g/mol. The van der Waals surface area contributed by atoms with Gasteiger partial charge in [0.25, 0.3) is 0 Å². The third-order valence-electron chi connectivity index (χ3n) is 7.11. The first-order valence-corrected chi connectivity index (χ1v) is 13.3. The van der Waals surface area contributed by atoms with Crippen molar-refractivity contribution in [3.05, 3.63) is 95.2 Å². The normalized spacial score (nSPS) is 12.3. The van der Waals surface area contributed by atoms with Gasteiger partial charge in [0.1, 0.15) is 0 Å². The molecule has 0 atom stereocenters. The van der Waals surface area contributed by atoms with Gasteiger partial charge in [0.15, 0.2) is 0 Å². The molecule has 0 N–H and O–H groups in total. The zero-order valence-corrected chi connectivity index (χ0v) is 23.7. The number of esters is 1. The number of hydrogen-bond donors (Lipinski definition) is 0. The van der Waals surface area contributed by atoms with Crippen LogP contribution in [-0.4, -0.2) is 30.5 Å². The highest BCUT2D eigenvalue weighted by Crippen LogP contribution is 2.42. The minimum Gasteiger partial charge on any atom is -0.466 e. The maximum Gasteiger partial charge on any atom is 0.416 e. The van der Waals surface area contributed by atoms with Crippen LogP contribution in [0.15, 0.2) is 72.8 Å². The lowest BCUT2D eigenvalue weighted by Gasteiger charge is -2.32. The number of nitrogens with zero attached hydrogens (tertiary/aromatic N) is 2. The summed E-state index contributed by atoms with van der Waals surface area (Å²) >= 11 is 0. The lowest BCUT2D eigenvalue weighted by Crippen LogP contribution is -2.42. The molecule has 0 spiro atoms. The van der Waals surface area contributed by atoms with Crippen LogP contribution in [-0.2, 0) is 38.5 Å². The van der Waals surface area contributed by atoms with E-state index in [9.17, 15) is 35.9 Å². The molecule has 0 aliphatic rings. The van der Waals surface area contributed by atoms with Gasteiger partial charge in [-0.25, -0.2) is 0 Å². The summed E-state index contributed by atoms with van der Waals surface area (Å²) in [5, 5.41) is 0.618. The minimum atomic E-state index is -5.06. The number of hydrogen-bond acceptors (Lipinski definition) is 4. The van der Waals surface area contributed by atoms with Crippen LogP contribution in [0.3, 0.4) is 0 Å². The largest absolute Gasteiger partial charge is 0.466 e. The topological polar surface area (TPSA) is 59.5 Å². The Balaban J connectivity index is 1.84. The van der Waals surface area contributed by atoms with Crippen LogP contribution in [0, 0.1) is 0 Å². The number of aromatic nitrogens is 1. The number of halogens is 6. The van der Waals surface area contributed by atoms with E-state index in [-0.39, 0.29) is 19.1 Å². The zero-order chi connectivity index (χ0) is 31.7. The van der Waals surface area contributed by atoms with Gasteiger partial charge in [-0.1, -0.05) is 36.4 Å². The molecule has 4 rings (SSSR count). The van der Waals surface area contributed by atoms with E-state index in [2.05, 4.69) is 4.98 Å². The summed E-state index contributed by atoms with van der Waals surface area (Å²) < 4.78 is 86.5. The molecule has 0 bridgehead atoms. The highest BCUT2D eigenvalue weighted by atomic mass is 19.4. The summed E-state index contributed by atoms with van der Waals surface area (Å²) in [6, 6.07) is 16.8. The predicted molar refractivity (Wildman–Crippen MR) is 150 cm³/mol. The van der Waals surface area contributed by atoms with Gasteiger partial charge < -0.3 is 9.64 Å². The molecule has 5 nitrogen and oxygen atoms in total. The molecule has 0 fully saturated rings. The molecule has 1 aromatic heterocycles. The SMILES string of the molecule is CCOC(=O)Cc1ccc2c(-c3ccccc3)c(N(C)C(=O)C(C)(C)c3cc(C(F)(F)F)cc(C(F)(F)F)c3)ccc2n1. The van der Waals surface area contributed by atoms with Crippen LogP contribution in [0.4, 0.5) is 32.0 Å². The maximum absolute atomic E-state index is 13.9. The second-order valence-electron chi connectivity index (χ2n) is 10.5. The summed E-state index contributed by atoms with van der Waals surface area (Å²) in [4.78, 5) is 31.7. The van der Waals surface area contributed by atoms with Crippen LogP contribution in [0.5, 0.6) is 0 Å². The first-order valence-electron chi connectivity index (χ1n) is 13.3. The Morgan fingerprint density at radius 3 is 1.95 bits per heavy atom. The summed E-state index contributed by atoms with van der Waals surface area (Å²) in [6.07, 6.45) is -10.2. The van der Waals surface area contributed by atoms with Crippen LogP contribution < -0.4 is 4.90 Å². The van der Waals surface area contributed by atoms with Gasteiger partial charge in [0.05, 0.1) is 46.5 Å². The van der Waals surface area contributed by atoms with E-state index in [0.29, 0.717) is 45.5 Å². The number of carbonyl (C=O) groups excluding carboxylic acids is 2. The Morgan fingerprint density at radius 2 is 1.40 bits per heavy atom. The van der Waals surface area contributed by atoms with Crippen LogP contribution >= 0.6 is 0 Å². The second kappa shape index (κ2) is 11.7. The highest BCUT2D eigenvalue weighted by molar-refractivity contribution is 6.09. The van der Waals surface area contributed by atoms with Crippen molar-refractivity contribution >= 4 is 28.5 Å². The van der Waals surface area contributed by atoms with Crippen LogP contribution in [0.2, 0.25) is 0 Å². The molecule has 4 aromatic rings. The van der Waals surface area contributed by atoms with Crippen molar-refractivity contribution in [1.82, 2.24) is 4.98 Å². The average Bonchev–Trinajstić information content (AvgIpc) is 2.95. The third-order valence-corrected chi connectivity index (χ3v) is 7.11. The molecule has 1 heterocycles. The number of fused-ring (bicyclic) bond motifs is 1. The van der Waals surface area contributed by atoms with E-state index in [1.54, 1.807) is 61.5 Å². The van der Waals surface area contributed by atoms with Gasteiger partial charge in [-0.05, 0) is 68.3 Å². The van der Waals surface area contributed by atoms with E-state index in [4.69, 9.17) is 4.74 Å². The summed E-state index contributed by atoms with van der Waals surface area (Å²) in [5.41, 5.74) is -2.62. The maximum atomic E-state index is 13.9. The number of ether oxygens (including phenoxy) is 1. The standard InChI is InChI=1S/C32H28F6N2O3/c1-5-43-27(41)18-23-11-12-24-25(39-23)13-14-26(28(24)19-9-7-6-8-10-19)40(4)29(42)30(2,3)20-15-21(31(33,34)35)17-22(16-20)32(36,37)38/h6-17H,5,18H2,1-4H3. The highest BCUT2D eigenvalue weighted by Gasteiger charge is 2.41. The molecule has 0 unspecified atom stereocenters. The van der Waals surface area contributed by atoms with Gasteiger partial charge >= 0.3 is 18.3 Å². The lowest BCUT2D eigenvalue weighted by molar-refractivity contribution is -0.144. The minimum absolute atomic E-state index is 0.0355. The quantitative estimate of drug-likeness (QED) is 0.159. The fraction of sp³-hybridized carbons (Fsp3) is 0.281. The molecule has 226 valence electrons. The molecule has 0 saturated carbocycles. The van der Waals surface area contributed by atoms with Gasteiger partial charge in [-0.2, -0.15) is 26.3 Å². The molecule has 1 amide bonds. The Bertz CT molecular complexity index is 1630. The predicted octanol–water partition coefficient (Wildman–Crippen LogP) is 7.99. The molecule has 0 radical (unpaired) electrons. The smallest absolute Gasteiger partial charge is 0.416 e. The van der Waals surface area contributed by atoms with Gasteiger partial charge in [0, 0.05) is 18.0 Å². The van der Waals surface area contributed by atoms with Crippen molar-refractivity contribution in [2.45, 2.75) is 45.0 Å². The lowest BCUT2D eigenvalue weighted by atomic mass is 9.81. The number of pyridine rings is 1. The van der Waals surface area contributed by atoms with Crippen molar-refractivity contribution in [1.29, 1.82) is 0 Å². The van der Waals surface area contributed by atoms with E-state index < -0.39 is 46.3 Å². The first-order chi connectivity index (χ1) is 20.0. The summed E-state index contributed by atoms with van der Waals surface area (Å²) in [5.74, 6) is -1.17. The second-order valence-corrected chi connectivity index (χ2v) is 10.5. The Hall–Kier alpha value is -4.41. The number of anilines is 1. The molecule has 43 heavy (non-hydrogen) atoms. The Labute approximate surface area is 244 Å². The first kappa shape index (κ1) is 31.5. The van der Waals surface area contributed by atoms with Crippen LogP contribution in [0.1, 0.15) is 43.2 Å². The number of likely N-dealkylation sites (N-methyl/N-ethyl adjacent to an activating group) is 1. The molecule has 0 aliphatic carbocycles. The molecule has 11 heteroatoms. The monoisotopic (exact) mass is 602 g/mol. The zero-order valence-electron chi connectivity index (χ0n) is 23.7. The van der Waals surface area contributed by atoms with Crippen molar-refractivity contribution in [3.8, 4) is 11.1 Å². The fourth-order valence-electron chi connectivity index (χ4n) is 4.85. The third kappa shape index (κ3) is 6.65. The van der Waals surface area contributed by atoms with E-state index in [1.165, 1.54) is 25.8 Å². The molecule has 0 aliphatic heterocycles.